The minimum Gasteiger partial charge on any atom is -0.297 e. The Morgan fingerprint density at radius 3 is 2.38 bits per heavy atom. The summed E-state index contributed by atoms with van der Waals surface area (Å²) in [5.41, 5.74) is 1.18. The molecule has 4 rings (SSSR count). The molecule has 0 radical (unpaired) electrons. The third kappa shape index (κ3) is 5.05. The van der Waals surface area contributed by atoms with Crippen molar-refractivity contribution < 1.29 is 8.42 Å². The van der Waals surface area contributed by atoms with Gasteiger partial charge in [-0.25, -0.2) is 18.1 Å². The van der Waals surface area contributed by atoms with Crippen LogP contribution in [0.2, 0.25) is 0 Å². The van der Waals surface area contributed by atoms with Crippen molar-refractivity contribution in [2.45, 2.75) is 62.3 Å². The Kier molecular flexibility index (Phi) is 6.95. The molecular formula is C15H25Cl2N3O2S2. The van der Waals surface area contributed by atoms with E-state index in [-0.39, 0.29) is 36.1 Å². The molecule has 1 aromatic heterocycles. The summed E-state index contributed by atoms with van der Waals surface area (Å²) in [5, 5.41) is 3.39. The van der Waals surface area contributed by atoms with Crippen molar-refractivity contribution in [3.05, 3.63) is 16.1 Å². The van der Waals surface area contributed by atoms with Crippen LogP contribution in [0.5, 0.6) is 0 Å². The van der Waals surface area contributed by atoms with Crippen LogP contribution < -0.4 is 4.72 Å². The Morgan fingerprint density at radius 2 is 1.79 bits per heavy atom. The number of sulfonamides is 1. The minimum absolute atomic E-state index is 0. The lowest BCUT2D eigenvalue weighted by Crippen LogP contribution is -2.45. The highest BCUT2D eigenvalue weighted by molar-refractivity contribution is 7.90. The molecule has 1 saturated heterocycles. The summed E-state index contributed by atoms with van der Waals surface area (Å²) >= 11 is 1.80. The normalized spacial score (nSPS) is 22.7. The van der Waals surface area contributed by atoms with Gasteiger partial charge in [-0.3, -0.25) is 4.90 Å². The minimum atomic E-state index is -3.04. The van der Waals surface area contributed by atoms with Gasteiger partial charge in [0.2, 0.25) is 10.0 Å². The van der Waals surface area contributed by atoms with Gasteiger partial charge in [0.1, 0.15) is 0 Å². The number of piperidine rings is 1. The number of hydrogen-bond donors (Lipinski definition) is 1. The molecule has 9 heteroatoms. The average molecular weight is 414 g/mol. The molecule has 3 fully saturated rings. The van der Waals surface area contributed by atoms with Crippen LogP contribution in [0, 0.1) is 0 Å². The first-order valence-corrected chi connectivity index (χ1v) is 10.7. The highest BCUT2D eigenvalue weighted by Gasteiger charge is 2.37. The number of nitrogens with one attached hydrogen (secondary N) is 1. The number of aromatic nitrogens is 1. The van der Waals surface area contributed by atoms with E-state index in [1.54, 1.807) is 11.3 Å². The fraction of sp³-hybridized carbons (Fsp3) is 0.800. The molecule has 2 saturated carbocycles. The van der Waals surface area contributed by atoms with E-state index in [0.29, 0.717) is 0 Å². The molecule has 2 aliphatic carbocycles. The summed E-state index contributed by atoms with van der Waals surface area (Å²) in [6.07, 6.45) is 6.10. The van der Waals surface area contributed by atoms with E-state index in [4.69, 9.17) is 4.98 Å². The van der Waals surface area contributed by atoms with Crippen molar-refractivity contribution in [1.82, 2.24) is 14.6 Å². The molecule has 0 unspecified atom stereocenters. The smallest absolute Gasteiger partial charge is 0.214 e. The van der Waals surface area contributed by atoms with Crippen molar-refractivity contribution >= 4 is 46.2 Å². The quantitative estimate of drug-likeness (QED) is 0.778. The standard InChI is InChI=1S/C15H23N3O2S2.2ClH/c19-22(20,14-3-4-14)17-12-5-7-18(8-6-12)9-13-10-21-15(16-13)11-1-2-11;;/h10-12,14,17H,1-9H2;2*1H. The third-order valence-electron chi connectivity index (χ3n) is 4.76. The van der Waals surface area contributed by atoms with E-state index in [2.05, 4.69) is 15.0 Å². The van der Waals surface area contributed by atoms with Gasteiger partial charge in [0, 0.05) is 37.0 Å². The predicted octanol–water partition coefficient (Wildman–Crippen LogP) is 2.91. The highest BCUT2D eigenvalue weighted by Crippen LogP contribution is 2.41. The highest BCUT2D eigenvalue weighted by atomic mass is 35.5. The summed E-state index contributed by atoms with van der Waals surface area (Å²) in [4.78, 5) is 7.14. The lowest BCUT2D eigenvalue weighted by molar-refractivity contribution is 0.198. The van der Waals surface area contributed by atoms with Crippen molar-refractivity contribution in [2.24, 2.45) is 0 Å². The zero-order valence-corrected chi connectivity index (χ0v) is 16.8. The van der Waals surface area contributed by atoms with Crippen molar-refractivity contribution in [2.75, 3.05) is 13.1 Å². The molecule has 3 aliphatic rings. The predicted molar refractivity (Wildman–Crippen MR) is 102 cm³/mol. The van der Waals surface area contributed by atoms with Crippen LogP contribution in [0.3, 0.4) is 0 Å². The zero-order chi connectivity index (χ0) is 15.2. The SMILES string of the molecule is Cl.Cl.O=S(=O)(NC1CCN(Cc2csc(C3CC3)n2)CC1)C1CC1. The molecule has 0 bridgehead atoms. The topological polar surface area (TPSA) is 62.3 Å². The summed E-state index contributed by atoms with van der Waals surface area (Å²) in [6, 6.07) is 0.124. The first-order valence-electron chi connectivity index (χ1n) is 8.28. The summed E-state index contributed by atoms with van der Waals surface area (Å²) in [5.74, 6) is 0.737. The molecule has 138 valence electrons. The summed E-state index contributed by atoms with van der Waals surface area (Å²) in [7, 11) is -3.04. The number of hydrogen-bond acceptors (Lipinski definition) is 5. The molecule has 0 atom stereocenters. The first-order chi connectivity index (χ1) is 10.6. The van der Waals surface area contributed by atoms with Crippen molar-refractivity contribution in [3.63, 3.8) is 0 Å². The van der Waals surface area contributed by atoms with E-state index in [1.165, 1.54) is 23.5 Å². The van der Waals surface area contributed by atoms with Gasteiger partial charge in [0.25, 0.3) is 0 Å². The average Bonchev–Trinajstić information content (AvgIpc) is 3.39. The largest absolute Gasteiger partial charge is 0.297 e. The van der Waals surface area contributed by atoms with Crippen LogP contribution in [0.4, 0.5) is 0 Å². The monoisotopic (exact) mass is 413 g/mol. The van der Waals surface area contributed by atoms with Crippen LogP contribution >= 0.6 is 36.2 Å². The molecule has 1 aromatic rings. The number of rotatable bonds is 6. The zero-order valence-electron chi connectivity index (χ0n) is 13.5. The maximum absolute atomic E-state index is 12.0. The van der Waals surface area contributed by atoms with Gasteiger partial charge < -0.3 is 0 Å². The molecule has 1 aliphatic heterocycles. The molecule has 5 nitrogen and oxygen atoms in total. The second kappa shape index (κ2) is 8.18. The van der Waals surface area contributed by atoms with Gasteiger partial charge in [-0.2, -0.15) is 0 Å². The van der Waals surface area contributed by atoms with Gasteiger partial charge in [0.05, 0.1) is 16.0 Å². The molecule has 0 amide bonds. The van der Waals surface area contributed by atoms with Crippen LogP contribution in [0.1, 0.15) is 55.1 Å². The summed E-state index contributed by atoms with van der Waals surface area (Å²) in [6.45, 7) is 2.81. The second-order valence-electron chi connectivity index (χ2n) is 6.86. The van der Waals surface area contributed by atoms with Gasteiger partial charge >= 0.3 is 0 Å². The van der Waals surface area contributed by atoms with Crippen LogP contribution in [-0.4, -0.2) is 42.7 Å². The molecular weight excluding hydrogens is 389 g/mol. The Labute approximate surface area is 160 Å². The fourth-order valence-electron chi connectivity index (χ4n) is 3.06. The molecule has 0 aromatic carbocycles. The lowest BCUT2D eigenvalue weighted by atomic mass is 10.1. The van der Waals surface area contributed by atoms with Gasteiger partial charge in [-0.05, 0) is 38.5 Å². The van der Waals surface area contributed by atoms with Gasteiger partial charge in [-0.15, -0.1) is 36.2 Å². The maximum Gasteiger partial charge on any atom is 0.214 e. The number of likely N-dealkylation sites (tertiary alicyclic amines) is 1. The van der Waals surface area contributed by atoms with Crippen LogP contribution in [0.25, 0.3) is 0 Å². The molecule has 1 N–H and O–H groups in total. The Balaban J connectivity index is 0.00000104. The van der Waals surface area contributed by atoms with Crippen molar-refractivity contribution in [3.8, 4) is 0 Å². The van der Waals surface area contributed by atoms with E-state index >= 15 is 0 Å². The van der Waals surface area contributed by atoms with Gasteiger partial charge in [0.15, 0.2) is 0 Å². The Morgan fingerprint density at radius 1 is 1.12 bits per heavy atom. The van der Waals surface area contributed by atoms with E-state index in [9.17, 15) is 8.42 Å². The lowest BCUT2D eigenvalue weighted by Gasteiger charge is -2.31. The van der Waals surface area contributed by atoms with Crippen molar-refractivity contribution in [1.29, 1.82) is 0 Å². The van der Waals surface area contributed by atoms with Crippen LogP contribution in [0.15, 0.2) is 5.38 Å². The fourth-order valence-corrected chi connectivity index (χ4v) is 5.69. The molecule has 2 heterocycles. The number of thiazole rings is 1. The second-order valence-corrected chi connectivity index (χ2v) is 9.75. The number of halogens is 2. The first kappa shape index (κ1) is 20.4. The maximum atomic E-state index is 12.0. The van der Waals surface area contributed by atoms with Gasteiger partial charge in [-0.1, -0.05) is 0 Å². The third-order valence-corrected chi connectivity index (χ3v) is 7.83. The van der Waals surface area contributed by atoms with E-state index < -0.39 is 10.0 Å². The molecule has 0 spiro atoms. The molecule has 24 heavy (non-hydrogen) atoms. The van der Waals surface area contributed by atoms with E-state index in [0.717, 1.165) is 51.2 Å². The Hall–Kier alpha value is 0.0800. The summed E-state index contributed by atoms with van der Waals surface area (Å²) < 4.78 is 26.8. The van der Waals surface area contributed by atoms with E-state index in [1.807, 2.05) is 0 Å². The van der Waals surface area contributed by atoms with Crippen LogP contribution in [-0.2, 0) is 16.6 Å². The Bertz CT molecular complexity index is 637. The number of nitrogens with zero attached hydrogens (tertiary/aromatic N) is 2.